The Morgan fingerprint density at radius 3 is 2.59 bits per heavy atom. The lowest BCUT2D eigenvalue weighted by Crippen LogP contribution is -2.50. The van der Waals surface area contributed by atoms with Crippen molar-refractivity contribution in [1.82, 2.24) is 24.9 Å². The molecule has 2 aromatic heterocycles. The van der Waals surface area contributed by atoms with Gasteiger partial charge in [0.15, 0.2) is 5.65 Å². The van der Waals surface area contributed by atoms with E-state index in [0.717, 1.165) is 0 Å². The van der Waals surface area contributed by atoms with Gasteiger partial charge in [-0.25, -0.2) is 10.0 Å². The fraction of sp³-hybridized carbons (Fsp3) is 0.474. The van der Waals surface area contributed by atoms with Crippen LogP contribution in [0.5, 0.6) is 0 Å². The van der Waals surface area contributed by atoms with Gasteiger partial charge in [0.2, 0.25) is 5.91 Å². The van der Waals surface area contributed by atoms with E-state index in [4.69, 9.17) is 4.84 Å². The Labute approximate surface area is 158 Å². The number of amides is 2. The first kappa shape index (κ1) is 19.0. The Morgan fingerprint density at radius 2 is 1.96 bits per heavy atom. The predicted molar refractivity (Wildman–Crippen MR) is 101 cm³/mol. The number of aromatic nitrogens is 3. The van der Waals surface area contributed by atoms with Crippen molar-refractivity contribution in [3.63, 3.8) is 0 Å². The first-order valence-corrected chi connectivity index (χ1v) is 9.02. The van der Waals surface area contributed by atoms with Crippen molar-refractivity contribution >= 4 is 23.0 Å². The molecule has 8 heteroatoms. The van der Waals surface area contributed by atoms with Crippen LogP contribution >= 0.6 is 0 Å². The first-order valence-electron chi connectivity index (χ1n) is 9.02. The summed E-state index contributed by atoms with van der Waals surface area (Å²) in [7, 11) is 0. The highest BCUT2D eigenvalue weighted by Crippen LogP contribution is 2.25. The van der Waals surface area contributed by atoms with Crippen molar-refractivity contribution in [3.05, 3.63) is 36.8 Å². The highest BCUT2D eigenvalue weighted by atomic mass is 16.7. The number of piperidine rings is 1. The van der Waals surface area contributed by atoms with Gasteiger partial charge in [-0.15, -0.1) is 0 Å². The minimum Gasteiger partial charge on any atom is -0.344 e. The summed E-state index contributed by atoms with van der Waals surface area (Å²) in [4.78, 5) is 44.2. The van der Waals surface area contributed by atoms with Crippen LogP contribution in [-0.4, -0.2) is 61.5 Å². The average molecular weight is 371 g/mol. The number of hydroxylamine groups is 2. The molecular weight excluding hydrogens is 346 g/mol. The number of hydrogen-bond acceptors (Lipinski definition) is 5. The topological polar surface area (TPSA) is 91.4 Å². The molecule has 0 aromatic carbocycles. The molecule has 1 aliphatic rings. The Morgan fingerprint density at radius 1 is 1.30 bits per heavy atom. The maximum absolute atomic E-state index is 13.2. The molecule has 27 heavy (non-hydrogen) atoms. The molecule has 8 nitrogen and oxygen atoms in total. The lowest BCUT2D eigenvalue weighted by molar-refractivity contribution is -0.213. The molecule has 0 aliphatic carbocycles. The number of hydrogen-bond donors (Lipinski definition) is 1. The molecule has 1 N–H and O–H groups in total. The van der Waals surface area contributed by atoms with Crippen LogP contribution in [0.3, 0.4) is 0 Å². The minimum absolute atomic E-state index is 0.0745. The number of rotatable bonds is 4. The van der Waals surface area contributed by atoms with Gasteiger partial charge in [0.1, 0.15) is 5.52 Å². The average Bonchev–Trinajstić information content (AvgIpc) is 3.08. The van der Waals surface area contributed by atoms with Crippen LogP contribution in [-0.2, 0) is 9.63 Å². The molecule has 0 spiro atoms. The second-order valence-electron chi connectivity index (χ2n) is 7.56. The number of nitrogens with one attached hydrogen (secondary N) is 1. The Kier molecular flexibility index (Phi) is 5.27. The zero-order chi connectivity index (χ0) is 19.6. The Balaban J connectivity index is 1.76. The second-order valence-corrected chi connectivity index (χ2v) is 7.56. The van der Waals surface area contributed by atoms with Crippen molar-refractivity contribution in [2.45, 2.75) is 45.3 Å². The van der Waals surface area contributed by atoms with Gasteiger partial charge >= 0.3 is 0 Å². The van der Waals surface area contributed by atoms with Crippen LogP contribution in [0, 0.1) is 0 Å². The highest BCUT2D eigenvalue weighted by Gasteiger charge is 2.34. The van der Waals surface area contributed by atoms with Crippen LogP contribution < -0.4 is 0 Å². The summed E-state index contributed by atoms with van der Waals surface area (Å²) in [5, 5.41) is 1.42. The van der Waals surface area contributed by atoms with Crippen LogP contribution in [0.4, 0.5) is 0 Å². The zero-order valence-electron chi connectivity index (χ0n) is 15.9. The number of fused-ring (bicyclic) bond motifs is 1. The maximum atomic E-state index is 13.2. The molecule has 2 amide bonds. The number of likely N-dealkylation sites (tertiary alicyclic amines) is 1. The van der Waals surface area contributed by atoms with Crippen LogP contribution in [0.1, 0.15) is 44.0 Å². The molecule has 1 aliphatic heterocycles. The van der Waals surface area contributed by atoms with Crippen molar-refractivity contribution in [2.75, 3.05) is 13.1 Å². The molecule has 3 heterocycles. The summed E-state index contributed by atoms with van der Waals surface area (Å²) in [5.41, 5.74) is 0.960. The number of H-pyrrole nitrogens is 1. The smallest absolute Gasteiger partial charge is 0.281 e. The Bertz CT molecular complexity index is 846. The normalized spacial score (nSPS) is 15.7. The standard InChI is InChI=1S/C19H25N5O3/c1-5-15(25)23-10-6-13(7-11-23)27-24(19(2,3)4)18(26)14-12-22-17-16(14)20-8-9-21-17/h5,8-9,12-13H,1,6-7,10-11H2,2-4H3,(H,21,22). The summed E-state index contributed by atoms with van der Waals surface area (Å²) in [6, 6.07) is 0. The van der Waals surface area contributed by atoms with Crippen molar-refractivity contribution in [3.8, 4) is 0 Å². The molecule has 0 saturated carbocycles. The van der Waals surface area contributed by atoms with Crippen LogP contribution in [0.25, 0.3) is 11.2 Å². The molecule has 2 aromatic rings. The number of carbonyl (C=O) groups excluding carboxylic acids is 2. The summed E-state index contributed by atoms with van der Waals surface area (Å²) >= 11 is 0. The summed E-state index contributed by atoms with van der Waals surface area (Å²) in [5.74, 6) is -0.339. The van der Waals surface area contributed by atoms with Gasteiger partial charge in [-0.05, 0) is 39.7 Å². The summed E-state index contributed by atoms with van der Waals surface area (Å²) < 4.78 is 0. The molecular formula is C19H25N5O3. The predicted octanol–water partition coefficient (Wildman–Crippen LogP) is 2.31. The van der Waals surface area contributed by atoms with E-state index in [0.29, 0.717) is 42.7 Å². The van der Waals surface area contributed by atoms with Crippen molar-refractivity contribution in [1.29, 1.82) is 0 Å². The van der Waals surface area contributed by atoms with E-state index in [1.165, 1.54) is 11.1 Å². The highest BCUT2D eigenvalue weighted by molar-refractivity contribution is 6.04. The van der Waals surface area contributed by atoms with E-state index in [9.17, 15) is 9.59 Å². The van der Waals surface area contributed by atoms with E-state index in [2.05, 4.69) is 21.5 Å². The number of nitrogens with zero attached hydrogens (tertiary/aromatic N) is 4. The molecule has 1 fully saturated rings. The zero-order valence-corrected chi connectivity index (χ0v) is 15.9. The van der Waals surface area contributed by atoms with Gasteiger partial charge in [0.25, 0.3) is 5.91 Å². The largest absolute Gasteiger partial charge is 0.344 e. The van der Waals surface area contributed by atoms with Gasteiger partial charge in [-0.2, -0.15) is 0 Å². The number of carbonyl (C=O) groups is 2. The molecule has 3 rings (SSSR count). The van der Waals surface area contributed by atoms with E-state index < -0.39 is 5.54 Å². The Hall–Kier alpha value is -2.74. The van der Waals surface area contributed by atoms with E-state index >= 15 is 0 Å². The maximum Gasteiger partial charge on any atom is 0.281 e. The SMILES string of the molecule is C=CC(=O)N1CCC(ON(C(=O)c2c[nH]c3nccnc23)C(C)(C)C)CC1. The van der Waals surface area contributed by atoms with Crippen LogP contribution in [0.2, 0.25) is 0 Å². The molecule has 0 radical (unpaired) electrons. The molecule has 0 unspecified atom stereocenters. The summed E-state index contributed by atoms with van der Waals surface area (Å²) in [6.07, 6.45) is 7.24. The minimum atomic E-state index is -0.545. The van der Waals surface area contributed by atoms with Gasteiger partial charge in [0, 0.05) is 31.7 Å². The lowest BCUT2D eigenvalue weighted by Gasteiger charge is -2.39. The number of aromatic amines is 1. The molecule has 0 atom stereocenters. The fourth-order valence-electron chi connectivity index (χ4n) is 3.09. The van der Waals surface area contributed by atoms with Gasteiger partial charge < -0.3 is 9.88 Å². The fourth-order valence-corrected chi connectivity index (χ4v) is 3.09. The van der Waals surface area contributed by atoms with E-state index in [1.54, 1.807) is 23.5 Å². The third-order valence-electron chi connectivity index (χ3n) is 4.51. The van der Waals surface area contributed by atoms with Crippen molar-refractivity contribution < 1.29 is 14.4 Å². The van der Waals surface area contributed by atoms with Gasteiger partial charge in [0.05, 0.1) is 17.2 Å². The van der Waals surface area contributed by atoms with E-state index in [-0.39, 0.29) is 17.9 Å². The van der Waals surface area contributed by atoms with Crippen LogP contribution in [0.15, 0.2) is 31.2 Å². The molecule has 1 saturated heterocycles. The third-order valence-corrected chi connectivity index (χ3v) is 4.51. The second kappa shape index (κ2) is 7.48. The van der Waals surface area contributed by atoms with E-state index in [1.807, 2.05) is 20.8 Å². The van der Waals surface area contributed by atoms with Gasteiger partial charge in [-0.1, -0.05) is 6.58 Å². The molecule has 144 valence electrons. The summed E-state index contributed by atoms with van der Waals surface area (Å²) in [6.45, 7) is 10.4. The molecule has 0 bridgehead atoms. The third kappa shape index (κ3) is 4.00. The quantitative estimate of drug-likeness (QED) is 0.658. The first-order chi connectivity index (χ1) is 12.8. The lowest BCUT2D eigenvalue weighted by atomic mass is 10.1. The monoisotopic (exact) mass is 371 g/mol. The van der Waals surface area contributed by atoms with Gasteiger partial charge in [-0.3, -0.25) is 19.4 Å². The van der Waals surface area contributed by atoms with Crippen molar-refractivity contribution in [2.24, 2.45) is 0 Å².